The van der Waals surface area contributed by atoms with E-state index in [1.807, 2.05) is 30.5 Å². The van der Waals surface area contributed by atoms with Crippen molar-refractivity contribution in [3.05, 3.63) is 42.2 Å². The number of ether oxygens (including phenoxy) is 2. The fraction of sp³-hybridized carbons (Fsp3) is 0.474. The average Bonchev–Trinajstić information content (AvgIpc) is 3.23. The van der Waals surface area contributed by atoms with Crippen LogP contribution in [0.15, 0.2) is 36.7 Å². The first-order valence-electron chi connectivity index (χ1n) is 8.89. The van der Waals surface area contributed by atoms with Crippen LogP contribution in [0.3, 0.4) is 0 Å². The Bertz CT molecular complexity index is 731. The van der Waals surface area contributed by atoms with E-state index in [0.29, 0.717) is 13.0 Å². The molecule has 1 aromatic carbocycles. The monoisotopic (exact) mass is 394 g/mol. The van der Waals surface area contributed by atoms with Crippen LogP contribution in [0.4, 0.5) is 0 Å². The van der Waals surface area contributed by atoms with Crippen LogP contribution in [0.5, 0.6) is 11.5 Å². The third kappa shape index (κ3) is 4.54. The molecule has 0 spiro atoms. The van der Waals surface area contributed by atoms with Gasteiger partial charge in [0.05, 0.1) is 14.2 Å². The molecule has 0 bridgehead atoms. The number of hydrogen-bond acceptors (Lipinski definition) is 5. The molecule has 0 unspecified atom stereocenters. The molecular formula is C19H27ClN4O3. The van der Waals surface area contributed by atoms with Crippen molar-refractivity contribution >= 4 is 18.3 Å². The number of carbonyl (C=O) groups excluding carboxylic acids is 1. The summed E-state index contributed by atoms with van der Waals surface area (Å²) in [5, 5.41) is 10.8. The minimum Gasteiger partial charge on any atom is -0.497 e. The van der Waals surface area contributed by atoms with Crippen molar-refractivity contribution in [2.75, 3.05) is 33.9 Å². The van der Waals surface area contributed by atoms with Gasteiger partial charge in [-0.1, -0.05) is 0 Å². The van der Waals surface area contributed by atoms with Crippen molar-refractivity contribution in [3.8, 4) is 11.5 Å². The Morgan fingerprint density at radius 1 is 1.30 bits per heavy atom. The first-order valence-corrected chi connectivity index (χ1v) is 8.89. The molecule has 2 aromatic rings. The highest BCUT2D eigenvalue weighted by atomic mass is 35.5. The van der Waals surface area contributed by atoms with Gasteiger partial charge >= 0.3 is 0 Å². The number of nitrogens with one attached hydrogen (secondary N) is 2. The molecule has 2 N–H and O–H groups in total. The topological polar surface area (TPSA) is 77.4 Å². The number of hydrogen-bond donors (Lipinski definition) is 2. The molecule has 0 atom stereocenters. The maximum Gasteiger partial charge on any atom is 0.248 e. The number of rotatable bonds is 7. The van der Waals surface area contributed by atoms with Crippen molar-refractivity contribution in [1.29, 1.82) is 0 Å². The first kappa shape index (κ1) is 21.1. The summed E-state index contributed by atoms with van der Waals surface area (Å²) in [5.41, 5.74) is 0.387. The number of benzene rings is 1. The van der Waals surface area contributed by atoms with Crippen molar-refractivity contribution in [3.63, 3.8) is 0 Å². The molecule has 27 heavy (non-hydrogen) atoms. The van der Waals surface area contributed by atoms with Crippen LogP contribution < -0.4 is 20.1 Å². The summed E-state index contributed by atoms with van der Waals surface area (Å²) in [6.07, 6.45) is 5.71. The van der Waals surface area contributed by atoms with Crippen molar-refractivity contribution < 1.29 is 14.3 Å². The van der Waals surface area contributed by atoms with E-state index in [2.05, 4.69) is 15.7 Å². The van der Waals surface area contributed by atoms with E-state index in [0.717, 1.165) is 43.0 Å². The molecule has 1 aromatic heterocycles. The Labute approximate surface area is 165 Å². The van der Waals surface area contributed by atoms with Crippen LogP contribution in [0.1, 0.15) is 18.4 Å². The zero-order valence-electron chi connectivity index (χ0n) is 15.7. The van der Waals surface area contributed by atoms with Gasteiger partial charge in [0.2, 0.25) is 5.91 Å². The van der Waals surface area contributed by atoms with E-state index < -0.39 is 5.54 Å². The van der Waals surface area contributed by atoms with Crippen LogP contribution in [0, 0.1) is 0 Å². The van der Waals surface area contributed by atoms with Gasteiger partial charge in [-0.25, -0.2) is 0 Å². The van der Waals surface area contributed by atoms with Crippen LogP contribution >= 0.6 is 12.4 Å². The summed E-state index contributed by atoms with van der Waals surface area (Å²) in [7, 11) is 3.28. The fourth-order valence-corrected chi connectivity index (χ4v) is 3.48. The van der Waals surface area contributed by atoms with Gasteiger partial charge in [-0.3, -0.25) is 9.48 Å². The van der Waals surface area contributed by atoms with Crippen LogP contribution in [0.25, 0.3) is 0 Å². The van der Waals surface area contributed by atoms with E-state index in [1.165, 1.54) is 0 Å². The highest BCUT2D eigenvalue weighted by Crippen LogP contribution is 2.27. The third-order valence-corrected chi connectivity index (χ3v) is 4.96. The molecule has 1 fully saturated rings. The third-order valence-electron chi connectivity index (χ3n) is 4.96. The maximum absolute atomic E-state index is 13.0. The lowest BCUT2D eigenvalue weighted by atomic mass is 9.87. The molecule has 0 saturated carbocycles. The zero-order chi connectivity index (χ0) is 18.4. The van der Waals surface area contributed by atoms with Gasteiger partial charge in [0.1, 0.15) is 17.0 Å². The summed E-state index contributed by atoms with van der Waals surface area (Å²) < 4.78 is 12.5. The molecule has 3 rings (SSSR count). The summed E-state index contributed by atoms with van der Waals surface area (Å²) in [6.45, 7) is 2.13. The number of amides is 1. The maximum atomic E-state index is 13.0. The predicted octanol–water partition coefficient (Wildman–Crippen LogP) is 1.76. The lowest BCUT2D eigenvalue weighted by Crippen LogP contribution is -2.54. The molecule has 1 aliphatic rings. The summed E-state index contributed by atoms with van der Waals surface area (Å²) in [6, 6.07) is 7.55. The second-order valence-corrected chi connectivity index (χ2v) is 6.42. The lowest BCUT2D eigenvalue weighted by Gasteiger charge is -2.36. The number of methoxy groups -OCH3 is 2. The molecular weight excluding hydrogens is 368 g/mol. The van der Waals surface area contributed by atoms with Gasteiger partial charge in [0, 0.05) is 18.9 Å². The molecule has 7 nitrogen and oxygen atoms in total. The number of halogens is 1. The van der Waals surface area contributed by atoms with Crippen molar-refractivity contribution in [2.24, 2.45) is 0 Å². The van der Waals surface area contributed by atoms with E-state index >= 15 is 0 Å². The predicted molar refractivity (Wildman–Crippen MR) is 106 cm³/mol. The standard InChI is InChI=1S/C19H26N4O3.ClH/c1-25-16-4-5-17(26-2)15(14-16)6-10-21-18(24)19(7-11-20-12-8-19)23-13-3-9-22-23;/h3-5,9,13-14,20H,6-8,10-12H2,1-2H3,(H,21,24);1H. The smallest absolute Gasteiger partial charge is 0.248 e. The van der Waals surface area contributed by atoms with E-state index in [-0.39, 0.29) is 18.3 Å². The van der Waals surface area contributed by atoms with Crippen LogP contribution in [-0.2, 0) is 16.8 Å². The molecule has 8 heteroatoms. The molecule has 1 aliphatic heterocycles. The Kier molecular flexibility index (Phi) is 7.50. The normalized spacial score (nSPS) is 15.5. The van der Waals surface area contributed by atoms with Gasteiger partial charge < -0.3 is 20.1 Å². The minimum absolute atomic E-state index is 0. The zero-order valence-corrected chi connectivity index (χ0v) is 16.6. The van der Waals surface area contributed by atoms with Gasteiger partial charge in [-0.05, 0) is 62.2 Å². The van der Waals surface area contributed by atoms with Gasteiger partial charge in [0.15, 0.2) is 0 Å². The average molecular weight is 395 g/mol. The van der Waals surface area contributed by atoms with E-state index in [4.69, 9.17) is 9.47 Å². The minimum atomic E-state index is -0.618. The molecule has 1 amide bonds. The summed E-state index contributed by atoms with van der Waals surface area (Å²) >= 11 is 0. The fourth-order valence-electron chi connectivity index (χ4n) is 3.48. The Balaban J connectivity index is 0.00000261. The quantitative estimate of drug-likeness (QED) is 0.748. The second-order valence-electron chi connectivity index (χ2n) is 6.42. The Morgan fingerprint density at radius 2 is 2.07 bits per heavy atom. The van der Waals surface area contributed by atoms with Crippen molar-refractivity contribution in [2.45, 2.75) is 24.8 Å². The summed E-state index contributed by atoms with van der Waals surface area (Å²) in [4.78, 5) is 13.0. The Hall–Kier alpha value is -2.25. The van der Waals surface area contributed by atoms with Crippen molar-refractivity contribution in [1.82, 2.24) is 20.4 Å². The first-order chi connectivity index (χ1) is 12.7. The lowest BCUT2D eigenvalue weighted by molar-refractivity contribution is -0.131. The number of carbonyl (C=O) groups is 1. The van der Waals surface area contributed by atoms with E-state index in [9.17, 15) is 4.79 Å². The van der Waals surface area contributed by atoms with Gasteiger partial charge in [-0.2, -0.15) is 5.10 Å². The van der Waals surface area contributed by atoms with Gasteiger partial charge in [-0.15, -0.1) is 12.4 Å². The highest BCUT2D eigenvalue weighted by Gasteiger charge is 2.41. The molecule has 0 radical (unpaired) electrons. The van der Waals surface area contributed by atoms with Crippen LogP contribution in [0.2, 0.25) is 0 Å². The van der Waals surface area contributed by atoms with E-state index in [1.54, 1.807) is 25.1 Å². The largest absolute Gasteiger partial charge is 0.497 e. The molecule has 1 saturated heterocycles. The number of aromatic nitrogens is 2. The second kappa shape index (κ2) is 9.62. The molecule has 148 valence electrons. The van der Waals surface area contributed by atoms with Gasteiger partial charge in [0.25, 0.3) is 0 Å². The van der Waals surface area contributed by atoms with Crippen LogP contribution in [-0.4, -0.2) is 49.5 Å². The number of piperidine rings is 1. The number of nitrogens with zero attached hydrogens (tertiary/aromatic N) is 2. The highest BCUT2D eigenvalue weighted by molar-refractivity contribution is 5.85. The summed E-state index contributed by atoms with van der Waals surface area (Å²) in [5.74, 6) is 1.59. The SMILES string of the molecule is COc1ccc(OC)c(CCNC(=O)C2(n3cccn3)CCNCC2)c1.Cl. The molecule has 0 aliphatic carbocycles. The molecule has 2 heterocycles. The Morgan fingerprint density at radius 3 is 2.70 bits per heavy atom.